The third kappa shape index (κ3) is 4.71. The fourth-order valence-electron chi connectivity index (χ4n) is 3.52. The van der Waals surface area contributed by atoms with E-state index in [1.165, 1.54) is 6.07 Å². The highest BCUT2D eigenvalue weighted by molar-refractivity contribution is 8.00. The van der Waals surface area contributed by atoms with Crippen LogP contribution < -0.4 is 10.6 Å². The van der Waals surface area contributed by atoms with Crippen molar-refractivity contribution in [3.8, 4) is 0 Å². The van der Waals surface area contributed by atoms with Crippen molar-refractivity contribution in [1.29, 1.82) is 0 Å². The molecule has 3 rings (SSSR count). The SMILES string of the molecule is CCNC(=NCC1(SC)CCOCC1)NCC1(c2cccc(F)c2)CC1. The number of aliphatic imine (C=N–C) groups is 1. The molecule has 0 amide bonds. The van der Waals surface area contributed by atoms with Crippen LogP contribution in [-0.2, 0) is 10.2 Å². The van der Waals surface area contributed by atoms with Crippen LogP contribution in [-0.4, -0.2) is 49.8 Å². The number of ether oxygens (including phenoxy) is 1. The number of hydrogen-bond donors (Lipinski definition) is 2. The maximum atomic E-state index is 13.6. The van der Waals surface area contributed by atoms with E-state index in [1.54, 1.807) is 12.1 Å². The van der Waals surface area contributed by atoms with Crippen LogP contribution in [0.15, 0.2) is 29.3 Å². The molecule has 0 radical (unpaired) electrons. The Hall–Kier alpha value is -1.27. The average Bonchev–Trinajstić information content (AvgIpc) is 3.46. The first-order chi connectivity index (χ1) is 12.6. The van der Waals surface area contributed by atoms with Gasteiger partial charge in [-0.25, -0.2) is 4.39 Å². The van der Waals surface area contributed by atoms with Crippen LogP contribution >= 0.6 is 11.8 Å². The molecule has 2 aliphatic rings. The zero-order valence-corrected chi connectivity index (χ0v) is 16.6. The number of rotatable bonds is 7. The first-order valence-corrected chi connectivity index (χ1v) is 10.8. The predicted molar refractivity (Wildman–Crippen MR) is 108 cm³/mol. The minimum absolute atomic E-state index is 0.0498. The summed E-state index contributed by atoms with van der Waals surface area (Å²) >= 11 is 1.90. The lowest BCUT2D eigenvalue weighted by atomic mass is 9.96. The van der Waals surface area contributed by atoms with Gasteiger partial charge in [-0.05, 0) is 56.6 Å². The van der Waals surface area contributed by atoms with Crippen LogP contribution in [0.4, 0.5) is 4.39 Å². The van der Waals surface area contributed by atoms with E-state index < -0.39 is 0 Å². The van der Waals surface area contributed by atoms with Crippen LogP contribution in [0.2, 0.25) is 0 Å². The van der Waals surface area contributed by atoms with Gasteiger partial charge in [-0.1, -0.05) is 12.1 Å². The van der Waals surface area contributed by atoms with Gasteiger partial charge in [-0.3, -0.25) is 4.99 Å². The molecule has 4 nitrogen and oxygen atoms in total. The van der Waals surface area contributed by atoms with E-state index in [2.05, 4.69) is 23.8 Å². The summed E-state index contributed by atoms with van der Waals surface area (Å²) < 4.78 is 19.3. The van der Waals surface area contributed by atoms with Crippen molar-refractivity contribution in [1.82, 2.24) is 10.6 Å². The van der Waals surface area contributed by atoms with E-state index in [-0.39, 0.29) is 16.0 Å². The Balaban J connectivity index is 1.63. The topological polar surface area (TPSA) is 45.7 Å². The van der Waals surface area contributed by atoms with Gasteiger partial charge in [0.2, 0.25) is 0 Å². The van der Waals surface area contributed by atoms with E-state index in [4.69, 9.17) is 9.73 Å². The Kier molecular flexibility index (Phi) is 6.46. The largest absolute Gasteiger partial charge is 0.381 e. The first-order valence-electron chi connectivity index (χ1n) is 9.53. The molecule has 0 unspecified atom stereocenters. The van der Waals surface area contributed by atoms with Crippen LogP contribution in [0.3, 0.4) is 0 Å². The Morgan fingerprint density at radius 3 is 2.62 bits per heavy atom. The molecule has 1 aromatic carbocycles. The molecule has 1 aromatic rings. The molecular formula is C20H30FN3OS. The zero-order valence-electron chi connectivity index (χ0n) is 15.8. The second-order valence-electron chi connectivity index (χ2n) is 7.34. The molecule has 0 aromatic heterocycles. The quantitative estimate of drug-likeness (QED) is 0.564. The van der Waals surface area contributed by atoms with Gasteiger partial charge >= 0.3 is 0 Å². The summed E-state index contributed by atoms with van der Waals surface area (Å²) in [6.45, 7) is 6.13. The van der Waals surface area contributed by atoms with Gasteiger partial charge in [-0.2, -0.15) is 11.8 Å². The summed E-state index contributed by atoms with van der Waals surface area (Å²) in [5, 5.41) is 6.85. The van der Waals surface area contributed by atoms with E-state index in [9.17, 15) is 4.39 Å². The third-order valence-electron chi connectivity index (χ3n) is 5.59. The predicted octanol–water partition coefficient (Wildman–Crippen LogP) is 3.32. The van der Waals surface area contributed by atoms with Crippen LogP contribution in [0.25, 0.3) is 0 Å². The van der Waals surface area contributed by atoms with E-state index in [1.807, 2.05) is 17.8 Å². The zero-order chi connectivity index (χ0) is 18.5. The van der Waals surface area contributed by atoms with Crippen molar-refractivity contribution < 1.29 is 9.13 Å². The summed E-state index contributed by atoms with van der Waals surface area (Å²) in [5.41, 5.74) is 1.14. The fourth-order valence-corrected chi connectivity index (χ4v) is 4.29. The van der Waals surface area contributed by atoms with Gasteiger partial charge in [-0.15, -0.1) is 0 Å². The maximum absolute atomic E-state index is 13.6. The molecule has 0 atom stereocenters. The smallest absolute Gasteiger partial charge is 0.191 e. The number of thioether (sulfide) groups is 1. The second-order valence-corrected chi connectivity index (χ2v) is 8.61. The molecule has 2 N–H and O–H groups in total. The molecule has 0 bridgehead atoms. The number of guanidine groups is 1. The molecule has 0 spiro atoms. The van der Waals surface area contributed by atoms with Crippen molar-refractivity contribution >= 4 is 17.7 Å². The van der Waals surface area contributed by atoms with Gasteiger partial charge in [0, 0.05) is 36.5 Å². The average molecular weight is 380 g/mol. The summed E-state index contributed by atoms with van der Waals surface area (Å²) in [6, 6.07) is 7.02. The lowest BCUT2D eigenvalue weighted by Gasteiger charge is -2.34. The minimum atomic E-state index is -0.157. The van der Waals surface area contributed by atoms with Gasteiger partial charge in [0.05, 0.1) is 6.54 Å². The van der Waals surface area contributed by atoms with Crippen molar-refractivity contribution in [2.45, 2.75) is 42.8 Å². The highest BCUT2D eigenvalue weighted by Gasteiger charge is 2.44. The van der Waals surface area contributed by atoms with E-state index in [0.29, 0.717) is 0 Å². The highest BCUT2D eigenvalue weighted by Crippen LogP contribution is 2.47. The number of nitrogens with one attached hydrogen (secondary N) is 2. The third-order valence-corrected chi connectivity index (χ3v) is 6.99. The van der Waals surface area contributed by atoms with Crippen LogP contribution in [0, 0.1) is 5.82 Å². The standard InChI is InChI=1S/C20H30FN3OS/c1-3-22-18(24-15-20(26-2)9-11-25-12-10-20)23-14-19(7-8-19)16-5-4-6-17(21)13-16/h4-6,13H,3,7-12,14-15H2,1-2H3,(H2,22,23,24). The van der Waals surface area contributed by atoms with Crippen molar-refractivity contribution in [2.75, 3.05) is 39.1 Å². The summed E-state index contributed by atoms with van der Waals surface area (Å²) in [5.74, 6) is 0.700. The number of benzene rings is 1. The Bertz CT molecular complexity index is 627. The Morgan fingerprint density at radius 2 is 2.00 bits per heavy atom. The Morgan fingerprint density at radius 1 is 1.23 bits per heavy atom. The number of halogens is 1. The van der Waals surface area contributed by atoms with Crippen LogP contribution in [0.1, 0.15) is 38.2 Å². The monoisotopic (exact) mass is 379 g/mol. The van der Waals surface area contributed by atoms with E-state index in [0.717, 1.165) is 70.1 Å². The van der Waals surface area contributed by atoms with Gasteiger partial charge < -0.3 is 15.4 Å². The number of hydrogen-bond acceptors (Lipinski definition) is 3. The lowest BCUT2D eigenvalue weighted by molar-refractivity contribution is 0.0794. The van der Waals surface area contributed by atoms with Gasteiger partial charge in [0.1, 0.15) is 5.82 Å². The summed E-state index contributed by atoms with van der Waals surface area (Å²) in [6.07, 6.45) is 6.45. The van der Waals surface area contributed by atoms with Gasteiger partial charge in [0.15, 0.2) is 5.96 Å². The van der Waals surface area contributed by atoms with Crippen molar-refractivity contribution in [3.63, 3.8) is 0 Å². The minimum Gasteiger partial charge on any atom is -0.381 e. The summed E-state index contributed by atoms with van der Waals surface area (Å²) in [4.78, 5) is 4.87. The molecule has 1 saturated heterocycles. The fraction of sp³-hybridized carbons (Fsp3) is 0.650. The molecule has 26 heavy (non-hydrogen) atoms. The molecule has 6 heteroatoms. The second kappa shape index (κ2) is 8.61. The molecule has 1 saturated carbocycles. The van der Waals surface area contributed by atoms with E-state index >= 15 is 0 Å². The molecule has 1 heterocycles. The van der Waals surface area contributed by atoms with Crippen molar-refractivity contribution in [2.24, 2.45) is 4.99 Å². The molecular weight excluding hydrogens is 349 g/mol. The Labute approximate surface area is 160 Å². The maximum Gasteiger partial charge on any atom is 0.191 e. The molecule has 1 aliphatic heterocycles. The highest BCUT2D eigenvalue weighted by atomic mass is 32.2. The number of nitrogens with zero attached hydrogens (tertiary/aromatic N) is 1. The molecule has 144 valence electrons. The lowest BCUT2D eigenvalue weighted by Crippen LogP contribution is -2.43. The molecule has 2 fully saturated rings. The van der Waals surface area contributed by atoms with Gasteiger partial charge in [0.25, 0.3) is 0 Å². The van der Waals surface area contributed by atoms with Crippen LogP contribution in [0.5, 0.6) is 0 Å². The normalized spacial score (nSPS) is 21.3. The summed E-state index contributed by atoms with van der Waals surface area (Å²) in [7, 11) is 0. The van der Waals surface area contributed by atoms with Crippen molar-refractivity contribution in [3.05, 3.63) is 35.6 Å². The molecule has 1 aliphatic carbocycles. The first kappa shape index (κ1) is 19.5.